The lowest BCUT2D eigenvalue weighted by Crippen LogP contribution is -2.36. The average Bonchev–Trinajstić information content (AvgIpc) is 2.04. The molecule has 1 aliphatic rings. The van der Waals surface area contributed by atoms with Crippen LogP contribution in [-0.4, -0.2) is 25.3 Å². The number of halogens is 1. The predicted octanol–water partition coefficient (Wildman–Crippen LogP) is 0.815. The fraction of sp³-hybridized carbons (Fsp3) is 1.00. The van der Waals surface area contributed by atoms with Crippen LogP contribution in [0.25, 0.3) is 0 Å². The highest BCUT2D eigenvalue weighted by molar-refractivity contribution is 4.76. The molecule has 0 atom stereocenters. The third kappa shape index (κ3) is 3.16. The second-order valence-corrected chi connectivity index (χ2v) is 3.19. The third-order valence-electron chi connectivity index (χ3n) is 2.23. The Labute approximate surface area is 67.3 Å². The molecule has 3 N–H and O–H groups in total. The molecule has 0 unspecified atom stereocenters. The van der Waals surface area contributed by atoms with Crippen molar-refractivity contribution in [3.63, 3.8) is 0 Å². The largest absolute Gasteiger partial charge is 0.329 e. The van der Waals surface area contributed by atoms with Crippen molar-refractivity contribution in [3.05, 3.63) is 0 Å². The second-order valence-electron chi connectivity index (χ2n) is 3.19. The molecule has 1 aliphatic carbocycles. The Balaban J connectivity index is 2.07. The molecule has 3 heteroatoms. The van der Waals surface area contributed by atoms with E-state index in [-0.39, 0.29) is 0 Å². The number of alkyl halides is 1. The maximum Gasteiger partial charge on any atom is 0.100 e. The third-order valence-corrected chi connectivity index (χ3v) is 2.23. The van der Waals surface area contributed by atoms with Gasteiger partial charge in [-0.3, -0.25) is 0 Å². The van der Waals surface area contributed by atoms with Gasteiger partial charge in [0.05, 0.1) is 0 Å². The van der Waals surface area contributed by atoms with E-state index in [1.165, 1.54) is 0 Å². The monoisotopic (exact) mass is 160 g/mol. The summed E-state index contributed by atoms with van der Waals surface area (Å²) in [6.45, 7) is 1.54. The molecular formula is C8H17FN2. The fourth-order valence-electron chi connectivity index (χ4n) is 1.54. The molecule has 0 aliphatic heterocycles. The van der Waals surface area contributed by atoms with Crippen LogP contribution in [0.2, 0.25) is 0 Å². The van der Waals surface area contributed by atoms with Gasteiger partial charge in [0.2, 0.25) is 0 Å². The molecule has 1 rings (SSSR count). The summed E-state index contributed by atoms with van der Waals surface area (Å²) in [6.07, 6.45) is 2.85. The smallest absolute Gasteiger partial charge is 0.100 e. The summed E-state index contributed by atoms with van der Waals surface area (Å²) in [6, 6.07) is 0.519. The van der Waals surface area contributed by atoms with Crippen molar-refractivity contribution in [1.82, 2.24) is 5.32 Å². The predicted molar refractivity (Wildman–Crippen MR) is 44.2 cm³/mol. The van der Waals surface area contributed by atoms with Gasteiger partial charge in [0, 0.05) is 19.1 Å². The first-order valence-electron chi connectivity index (χ1n) is 4.40. The quantitative estimate of drug-likeness (QED) is 0.641. The maximum atomic E-state index is 12.6. The van der Waals surface area contributed by atoms with Gasteiger partial charge in [-0.1, -0.05) is 0 Å². The Kier molecular flexibility index (Phi) is 3.80. The van der Waals surface area contributed by atoms with Gasteiger partial charge in [-0.25, -0.2) is 4.39 Å². The molecule has 0 spiro atoms. The number of nitrogens with one attached hydrogen (secondary N) is 1. The summed E-state index contributed by atoms with van der Waals surface area (Å²) in [5.74, 6) is 0. The van der Waals surface area contributed by atoms with Gasteiger partial charge in [0.1, 0.15) is 6.17 Å². The van der Waals surface area contributed by atoms with Gasteiger partial charge in [-0.2, -0.15) is 0 Å². The molecule has 0 radical (unpaired) electrons. The van der Waals surface area contributed by atoms with Gasteiger partial charge in [-0.15, -0.1) is 0 Å². The van der Waals surface area contributed by atoms with Crippen LogP contribution in [0.1, 0.15) is 25.7 Å². The van der Waals surface area contributed by atoms with Gasteiger partial charge < -0.3 is 11.1 Å². The summed E-state index contributed by atoms with van der Waals surface area (Å²) < 4.78 is 12.6. The first kappa shape index (κ1) is 8.94. The van der Waals surface area contributed by atoms with Crippen molar-refractivity contribution in [3.8, 4) is 0 Å². The van der Waals surface area contributed by atoms with Crippen LogP contribution >= 0.6 is 0 Å². The minimum absolute atomic E-state index is 0.519. The van der Waals surface area contributed by atoms with E-state index in [0.29, 0.717) is 12.6 Å². The van der Waals surface area contributed by atoms with Crippen molar-refractivity contribution in [2.45, 2.75) is 37.9 Å². The molecule has 66 valence electrons. The highest BCUT2D eigenvalue weighted by atomic mass is 19.1. The van der Waals surface area contributed by atoms with Crippen LogP contribution in [0.3, 0.4) is 0 Å². The van der Waals surface area contributed by atoms with E-state index in [4.69, 9.17) is 5.73 Å². The Hall–Kier alpha value is -0.150. The van der Waals surface area contributed by atoms with Crippen molar-refractivity contribution in [2.24, 2.45) is 5.73 Å². The van der Waals surface area contributed by atoms with E-state index in [2.05, 4.69) is 5.32 Å². The lowest BCUT2D eigenvalue weighted by molar-refractivity contribution is 0.221. The molecule has 0 aromatic rings. The summed E-state index contributed by atoms with van der Waals surface area (Å²) in [4.78, 5) is 0. The van der Waals surface area contributed by atoms with Crippen LogP contribution in [0.5, 0.6) is 0 Å². The summed E-state index contributed by atoms with van der Waals surface area (Å²) in [5.41, 5.74) is 5.34. The molecule has 0 aromatic carbocycles. The van der Waals surface area contributed by atoms with Crippen LogP contribution in [0.4, 0.5) is 4.39 Å². The fourth-order valence-corrected chi connectivity index (χ4v) is 1.54. The molecule has 0 saturated heterocycles. The van der Waals surface area contributed by atoms with E-state index in [1.54, 1.807) is 0 Å². The number of nitrogens with two attached hydrogens (primary N) is 1. The molecule has 1 fully saturated rings. The molecule has 0 amide bonds. The normalized spacial score (nSPS) is 32.2. The second kappa shape index (κ2) is 4.67. The Morgan fingerprint density at radius 3 is 2.45 bits per heavy atom. The number of hydrogen-bond donors (Lipinski definition) is 2. The van der Waals surface area contributed by atoms with Crippen molar-refractivity contribution >= 4 is 0 Å². The van der Waals surface area contributed by atoms with Gasteiger partial charge >= 0.3 is 0 Å². The minimum Gasteiger partial charge on any atom is -0.329 e. The van der Waals surface area contributed by atoms with Gasteiger partial charge in [-0.05, 0) is 25.7 Å². The van der Waals surface area contributed by atoms with Crippen LogP contribution in [0, 0.1) is 0 Å². The van der Waals surface area contributed by atoms with Crippen LogP contribution in [0.15, 0.2) is 0 Å². The van der Waals surface area contributed by atoms with Crippen molar-refractivity contribution in [2.75, 3.05) is 13.1 Å². The van der Waals surface area contributed by atoms with Crippen molar-refractivity contribution in [1.29, 1.82) is 0 Å². The zero-order valence-electron chi connectivity index (χ0n) is 6.85. The topological polar surface area (TPSA) is 38.0 Å². The average molecular weight is 160 g/mol. The molecular weight excluding hydrogens is 143 g/mol. The van der Waals surface area contributed by atoms with E-state index in [1.807, 2.05) is 0 Å². The maximum absolute atomic E-state index is 12.6. The highest BCUT2D eigenvalue weighted by Gasteiger charge is 2.19. The zero-order chi connectivity index (χ0) is 8.10. The summed E-state index contributed by atoms with van der Waals surface area (Å²) in [7, 11) is 0. The summed E-state index contributed by atoms with van der Waals surface area (Å²) >= 11 is 0. The van der Waals surface area contributed by atoms with Crippen molar-refractivity contribution < 1.29 is 4.39 Å². The number of hydrogen-bond acceptors (Lipinski definition) is 2. The van der Waals surface area contributed by atoms with Gasteiger partial charge in [0.15, 0.2) is 0 Å². The lowest BCUT2D eigenvalue weighted by Gasteiger charge is -2.24. The first-order chi connectivity index (χ1) is 5.33. The SMILES string of the molecule is NCCNC1CCC(F)CC1. The molecule has 1 saturated carbocycles. The zero-order valence-corrected chi connectivity index (χ0v) is 6.85. The Morgan fingerprint density at radius 1 is 1.27 bits per heavy atom. The molecule has 0 aromatic heterocycles. The van der Waals surface area contributed by atoms with E-state index in [9.17, 15) is 4.39 Å². The first-order valence-corrected chi connectivity index (χ1v) is 4.40. The highest BCUT2D eigenvalue weighted by Crippen LogP contribution is 2.20. The van der Waals surface area contributed by atoms with Crippen LogP contribution in [-0.2, 0) is 0 Å². The Bertz CT molecular complexity index is 97.5. The standard InChI is InChI=1S/C8H17FN2/c9-7-1-3-8(4-2-7)11-6-5-10/h7-8,11H,1-6,10H2. The lowest BCUT2D eigenvalue weighted by atomic mass is 9.94. The van der Waals surface area contributed by atoms with E-state index in [0.717, 1.165) is 32.2 Å². The molecule has 2 nitrogen and oxygen atoms in total. The summed E-state index contributed by atoms with van der Waals surface area (Å²) in [5, 5.41) is 3.30. The van der Waals surface area contributed by atoms with Gasteiger partial charge in [0.25, 0.3) is 0 Å². The Morgan fingerprint density at radius 2 is 1.91 bits per heavy atom. The van der Waals surface area contributed by atoms with E-state index < -0.39 is 6.17 Å². The molecule has 11 heavy (non-hydrogen) atoms. The molecule has 0 bridgehead atoms. The number of rotatable bonds is 3. The van der Waals surface area contributed by atoms with Crippen LogP contribution < -0.4 is 11.1 Å². The van der Waals surface area contributed by atoms with E-state index >= 15 is 0 Å². The molecule has 0 heterocycles. The minimum atomic E-state index is -0.550.